The highest BCUT2D eigenvalue weighted by molar-refractivity contribution is 5.99. The number of aromatic nitrogens is 4. The third-order valence-corrected chi connectivity index (χ3v) is 4.55. The molecule has 10 nitrogen and oxygen atoms in total. The molecule has 1 atom stereocenters. The quantitative estimate of drug-likeness (QED) is 0.743. The van der Waals surface area contributed by atoms with Gasteiger partial charge in [0.05, 0.1) is 11.3 Å². The van der Waals surface area contributed by atoms with Crippen molar-refractivity contribution in [2.45, 2.75) is 51.2 Å². The Labute approximate surface area is 161 Å². The van der Waals surface area contributed by atoms with Crippen LogP contribution >= 0.6 is 0 Å². The lowest BCUT2D eigenvalue weighted by atomic mass is 9.96. The van der Waals surface area contributed by atoms with Gasteiger partial charge >= 0.3 is 12.0 Å². The fourth-order valence-corrected chi connectivity index (χ4v) is 3.08. The first-order valence-electron chi connectivity index (χ1n) is 9.19. The standard InChI is InChI=1S/C18H22N6O4/c1-12(16(25)21-18(27)20-13-7-3-2-4-8-13)28-17(26)14-9-5-6-10-15(14)24-11-19-22-23-24/h5-6,9-13H,2-4,7-8H2,1H3,(H2,20,21,25,27)/t12-/m0/s1. The summed E-state index contributed by atoms with van der Waals surface area (Å²) in [5.41, 5.74) is 0.612. The van der Waals surface area contributed by atoms with Crippen LogP contribution in [0.3, 0.4) is 0 Å². The van der Waals surface area contributed by atoms with Crippen LogP contribution in [0.2, 0.25) is 0 Å². The van der Waals surface area contributed by atoms with Crippen molar-refractivity contribution in [3.05, 3.63) is 36.2 Å². The van der Waals surface area contributed by atoms with E-state index in [9.17, 15) is 14.4 Å². The van der Waals surface area contributed by atoms with E-state index in [1.54, 1.807) is 24.3 Å². The van der Waals surface area contributed by atoms with Gasteiger partial charge in [0.2, 0.25) is 0 Å². The Morgan fingerprint density at radius 3 is 2.64 bits per heavy atom. The number of amides is 3. The second kappa shape index (κ2) is 9.07. The maximum absolute atomic E-state index is 12.5. The Bertz CT molecular complexity index is 832. The molecular weight excluding hydrogens is 364 g/mol. The summed E-state index contributed by atoms with van der Waals surface area (Å²) in [6.45, 7) is 1.40. The molecule has 148 valence electrons. The number of benzene rings is 1. The van der Waals surface area contributed by atoms with Crippen LogP contribution in [-0.2, 0) is 9.53 Å². The molecule has 3 amide bonds. The lowest BCUT2D eigenvalue weighted by molar-refractivity contribution is -0.127. The summed E-state index contributed by atoms with van der Waals surface area (Å²) in [6.07, 6.45) is 5.29. The highest BCUT2D eigenvalue weighted by atomic mass is 16.5. The first-order chi connectivity index (χ1) is 13.5. The van der Waals surface area contributed by atoms with Crippen LogP contribution in [0.1, 0.15) is 49.4 Å². The molecule has 0 aliphatic heterocycles. The number of carbonyl (C=O) groups is 3. The molecule has 1 aromatic heterocycles. The molecule has 1 saturated carbocycles. The second-order valence-electron chi connectivity index (χ2n) is 6.62. The number of para-hydroxylation sites is 1. The van der Waals surface area contributed by atoms with Gasteiger partial charge in [0.1, 0.15) is 6.33 Å². The number of urea groups is 1. The highest BCUT2D eigenvalue weighted by Gasteiger charge is 2.24. The summed E-state index contributed by atoms with van der Waals surface area (Å²) in [7, 11) is 0. The van der Waals surface area contributed by atoms with Gasteiger partial charge < -0.3 is 10.1 Å². The monoisotopic (exact) mass is 386 g/mol. The van der Waals surface area contributed by atoms with E-state index in [2.05, 4.69) is 26.2 Å². The van der Waals surface area contributed by atoms with Crippen LogP contribution in [0, 0.1) is 0 Å². The Kier molecular flexibility index (Phi) is 6.30. The molecule has 1 aliphatic rings. The molecular formula is C18H22N6O4. The van der Waals surface area contributed by atoms with Crippen molar-refractivity contribution < 1.29 is 19.1 Å². The third-order valence-electron chi connectivity index (χ3n) is 4.55. The molecule has 2 aromatic rings. The molecule has 28 heavy (non-hydrogen) atoms. The molecule has 10 heteroatoms. The summed E-state index contributed by atoms with van der Waals surface area (Å²) >= 11 is 0. The number of imide groups is 1. The van der Waals surface area contributed by atoms with E-state index in [1.165, 1.54) is 17.9 Å². The van der Waals surface area contributed by atoms with Crippen molar-refractivity contribution in [1.82, 2.24) is 30.8 Å². The van der Waals surface area contributed by atoms with Gasteiger partial charge in [-0.15, -0.1) is 5.10 Å². The van der Waals surface area contributed by atoms with E-state index >= 15 is 0 Å². The van der Waals surface area contributed by atoms with Crippen molar-refractivity contribution >= 4 is 17.9 Å². The molecule has 0 spiro atoms. The van der Waals surface area contributed by atoms with Gasteiger partial charge in [-0.25, -0.2) is 9.59 Å². The van der Waals surface area contributed by atoms with Crippen LogP contribution in [0.5, 0.6) is 0 Å². The maximum atomic E-state index is 12.5. The number of esters is 1. The largest absolute Gasteiger partial charge is 0.449 e. The fourth-order valence-electron chi connectivity index (χ4n) is 3.08. The molecule has 1 aliphatic carbocycles. The number of hydrogen-bond acceptors (Lipinski definition) is 7. The molecule has 0 unspecified atom stereocenters. The van der Waals surface area contributed by atoms with Crippen molar-refractivity contribution in [2.75, 3.05) is 0 Å². The zero-order valence-corrected chi connectivity index (χ0v) is 15.5. The average molecular weight is 386 g/mol. The minimum absolute atomic E-state index is 0.0718. The number of nitrogens with zero attached hydrogens (tertiary/aromatic N) is 4. The lowest BCUT2D eigenvalue weighted by Crippen LogP contribution is -2.48. The third kappa shape index (κ3) is 4.90. The van der Waals surface area contributed by atoms with Crippen LogP contribution in [-0.4, -0.2) is 50.3 Å². The number of nitrogens with one attached hydrogen (secondary N) is 2. The van der Waals surface area contributed by atoms with Crippen molar-refractivity contribution in [2.24, 2.45) is 0 Å². The number of hydrogen-bond donors (Lipinski definition) is 2. The summed E-state index contributed by atoms with van der Waals surface area (Å²) in [4.78, 5) is 36.7. The molecule has 1 aromatic carbocycles. The SMILES string of the molecule is C[C@H](OC(=O)c1ccccc1-n1cnnn1)C(=O)NC(=O)NC1CCCCC1. The van der Waals surface area contributed by atoms with Gasteiger partial charge in [0.25, 0.3) is 5.91 Å². The summed E-state index contributed by atoms with van der Waals surface area (Å²) < 4.78 is 6.53. The van der Waals surface area contributed by atoms with E-state index in [4.69, 9.17) is 4.74 Å². The fraction of sp³-hybridized carbons (Fsp3) is 0.444. The number of rotatable bonds is 5. The highest BCUT2D eigenvalue weighted by Crippen LogP contribution is 2.17. The predicted molar refractivity (Wildman–Crippen MR) is 97.6 cm³/mol. The summed E-state index contributed by atoms with van der Waals surface area (Å²) in [5, 5.41) is 15.8. The molecule has 2 N–H and O–H groups in total. The Morgan fingerprint density at radius 1 is 1.18 bits per heavy atom. The predicted octanol–water partition coefficient (Wildman–Crippen LogP) is 1.37. The molecule has 0 saturated heterocycles. The van der Waals surface area contributed by atoms with E-state index < -0.39 is 24.0 Å². The van der Waals surface area contributed by atoms with Crippen molar-refractivity contribution in [3.8, 4) is 5.69 Å². The van der Waals surface area contributed by atoms with E-state index in [0.29, 0.717) is 5.69 Å². The first-order valence-corrected chi connectivity index (χ1v) is 9.19. The van der Waals surface area contributed by atoms with Gasteiger partial charge in [-0.3, -0.25) is 10.1 Å². The second-order valence-corrected chi connectivity index (χ2v) is 6.62. The van der Waals surface area contributed by atoms with E-state index in [1.807, 2.05) is 0 Å². The van der Waals surface area contributed by atoms with Gasteiger partial charge in [-0.05, 0) is 42.3 Å². The zero-order valence-electron chi connectivity index (χ0n) is 15.5. The zero-order chi connectivity index (χ0) is 19.9. The number of carbonyl (C=O) groups excluding carboxylic acids is 3. The van der Waals surface area contributed by atoms with Crippen LogP contribution in [0.15, 0.2) is 30.6 Å². The molecule has 1 fully saturated rings. The normalized spacial score (nSPS) is 15.5. The lowest BCUT2D eigenvalue weighted by Gasteiger charge is -2.23. The van der Waals surface area contributed by atoms with Crippen LogP contribution in [0.25, 0.3) is 5.69 Å². The summed E-state index contributed by atoms with van der Waals surface area (Å²) in [5.74, 6) is -1.41. The Morgan fingerprint density at radius 2 is 1.93 bits per heavy atom. The topological polar surface area (TPSA) is 128 Å². The molecule has 3 rings (SSSR count). The minimum Gasteiger partial charge on any atom is -0.449 e. The average Bonchev–Trinajstić information content (AvgIpc) is 3.23. The minimum atomic E-state index is -1.15. The van der Waals surface area contributed by atoms with Crippen molar-refractivity contribution in [1.29, 1.82) is 0 Å². The van der Waals surface area contributed by atoms with Gasteiger partial charge in [0.15, 0.2) is 6.10 Å². The van der Waals surface area contributed by atoms with Crippen molar-refractivity contribution in [3.63, 3.8) is 0 Å². The maximum Gasteiger partial charge on any atom is 0.341 e. The number of tetrazole rings is 1. The van der Waals surface area contributed by atoms with Gasteiger partial charge in [-0.1, -0.05) is 31.4 Å². The first kappa shape index (κ1) is 19.5. The Balaban J connectivity index is 1.57. The van der Waals surface area contributed by atoms with Gasteiger partial charge in [-0.2, -0.15) is 4.68 Å². The molecule has 1 heterocycles. The molecule has 0 bridgehead atoms. The van der Waals surface area contributed by atoms with E-state index in [-0.39, 0.29) is 11.6 Å². The smallest absolute Gasteiger partial charge is 0.341 e. The van der Waals surface area contributed by atoms with Crippen LogP contribution < -0.4 is 10.6 Å². The van der Waals surface area contributed by atoms with Crippen LogP contribution in [0.4, 0.5) is 4.79 Å². The Hall–Kier alpha value is -3.30. The van der Waals surface area contributed by atoms with E-state index in [0.717, 1.165) is 32.1 Å². The van der Waals surface area contributed by atoms with Gasteiger partial charge in [0, 0.05) is 6.04 Å². The number of ether oxygens (including phenoxy) is 1. The summed E-state index contributed by atoms with van der Waals surface area (Å²) in [6, 6.07) is 6.07. The molecule has 0 radical (unpaired) electrons.